The summed E-state index contributed by atoms with van der Waals surface area (Å²) >= 11 is 0. The van der Waals surface area contributed by atoms with Gasteiger partial charge < -0.3 is 5.73 Å². The number of hydrogen-bond acceptors (Lipinski definition) is 1. The van der Waals surface area contributed by atoms with Crippen molar-refractivity contribution in [2.45, 2.75) is 38.6 Å². The molecule has 1 saturated carbocycles. The van der Waals surface area contributed by atoms with E-state index in [0.717, 1.165) is 5.92 Å². The lowest BCUT2D eigenvalue weighted by Gasteiger charge is -2.11. The average molecular weight is 150 g/mol. The Hall–Kier alpha value is 0.250. The summed E-state index contributed by atoms with van der Waals surface area (Å²) in [4.78, 5) is 0. The summed E-state index contributed by atoms with van der Waals surface area (Å²) in [5.74, 6) is 0.843. The van der Waals surface area contributed by atoms with Gasteiger partial charge in [0.25, 0.3) is 0 Å². The van der Waals surface area contributed by atoms with E-state index in [2.05, 4.69) is 6.92 Å². The Kier molecular flexibility index (Phi) is 4.24. The molecule has 0 unspecified atom stereocenters. The van der Waals surface area contributed by atoms with Gasteiger partial charge in [-0.05, 0) is 25.7 Å². The van der Waals surface area contributed by atoms with Gasteiger partial charge in [-0.15, -0.1) is 12.4 Å². The largest absolute Gasteiger partial charge is 0.328 e. The normalized spacial score (nSPS) is 23.3. The fourth-order valence-electron chi connectivity index (χ4n) is 1.48. The molecule has 0 amide bonds. The summed E-state index contributed by atoms with van der Waals surface area (Å²) in [6, 6.07) is 0.442. The third-order valence-corrected chi connectivity index (χ3v) is 2.14. The predicted octanol–water partition coefficient (Wildman–Crippen LogP) is 1.95. The van der Waals surface area contributed by atoms with Crippen molar-refractivity contribution >= 4 is 12.4 Å². The van der Waals surface area contributed by atoms with Crippen molar-refractivity contribution in [2.24, 2.45) is 11.7 Å². The number of rotatable bonds is 1. The highest BCUT2D eigenvalue weighted by Gasteiger charge is 2.17. The van der Waals surface area contributed by atoms with Crippen molar-refractivity contribution in [3.8, 4) is 0 Å². The Morgan fingerprint density at radius 3 is 2.00 bits per heavy atom. The van der Waals surface area contributed by atoms with Crippen molar-refractivity contribution in [3.63, 3.8) is 0 Å². The molecular weight excluding hydrogens is 134 g/mol. The Bertz CT molecular complexity index is 67.3. The minimum atomic E-state index is 0. The van der Waals surface area contributed by atoms with Gasteiger partial charge >= 0.3 is 0 Å². The molecule has 0 aliphatic heterocycles. The van der Waals surface area contributed by atoms with E-state index in [1.165, 1.54) is 25.7 Å². The minimum Gasteiger partial charge on any atom is -0.328 e. The molecule has 0 heterocycles. The number of nitrogens with two attached hydrogens (primary N) is 1. The molecule has 1 atom stereocenters. The highest BCUT2D eigenvalue weighted by Crippen LogP contribution is 2.26. The van der Waals surface area contributed by atoms with Crippen LogP contribution >= 0.6 is 12.4 Å². The van der Waals surface area contributed by atoms with E-state index in [4.69, 9.17) is 5.73 Å². The fraction of sp³-hybridized carbons (Fsp3) is 1.00. The summed E-state index contributed by atoms with van der Waals surface area (Å²) in [7, 11) is 0. The molecule has 1 rings (SSSR count). The van der Waals surface area contributed by atoms with Crippen LogP contribution in [0.3, 0.4) is 0 Å². The van der Waals surface area contributed by atoms with Crippen molar-refractivity contribution in [3.05, 3.63) is 0 Å². The lowest BCUT2D eigenvalue weighted by molar-refractivity contribution is 0.458. The third kappa shape index (κ3) is 2.55. The van der Waals surface area contributed by atoms with Gasteiger partial charge in [-0.3, -0.25) is 0 Å². The lowest BCUT2D eigenvalue weighted by Crippen LogP contribution is -2.23. The molecule has 1 aliphatic rings. The molecule has 0 aromatic carbocycles. The molecule has 0 saturated heterocycles. The zero-order valence-corrected chi connectivity index (χ0v) is 6.79. The third-order valence-electron chi connectivity index (χ3n) is 2.14. The molecule has 0 spiro atoms. The monoisotopic (exact) mass is 149 g/mol. The molecule has 0 aromatic rings. The van der Waals surface area contributed by atoms with E-state index >= 15 is 0 Å². The first-order valence-corrected chi connectivity index (χ1v) is 3.56. The minimum absolute atomic E-state index is 0. The second-order valence-corrected chi connectivity index (χ2v) is 2.90. The van der Waals surface area contributed by atoms with Crippen LogP contribution in [0.15, 0.2) is 0 Å². The number of hydrogen-bond donors (Lipinski definition) is 1. The topological polar surface area (TPSA) is 26.0 Å². The summed E-state index contributed by atoms with van der Waals surface area (Å²) in [6.07, 6.45) is 5.56. The van der Waals surface area contributed by atoms with Gasteiger partial charge in [0.1, 0.15) is 0 Å². The highest BCUT2D eigenvalue weighted by molar-refractivity contribution is 5.85. The van der Waals surface area contributed by atoms with Gasteiger partial charge in [-0.1, -0.05) is 12.8 Å². The van der Waals surface area contributed by atoms with Crippen molar-refractivity contribution < 1.29 is 0 Å². The van der Waals surface area contributed by atoms with Gasteiger partial charge in [-0.25, -0.2) is 0 Å². The van der Waals surface area contributed by atoms with Crippen molar-refractivity contribution in [1.82, 2.24) is 0 Å². The maximum Gasteiger partial charge on any atom is 0.00387 e. The van der Waals surface area contributed by atoms with E-state index < -0.39 is 0 Å². The van der Waals surface area contributed by atoms with Crippen LogP contribution in [-0.2, 0) is 0 Å². The maximum absolute atomic E-state index is 5.70. The van der Waals surface area contributed by atoms with E-state index in [0.29, 0.717) is 6.04 Å². The van der Waals surface area contributed by atoms with Gasteiger partial charge in [0.15, 0.2) is 0 Å². The van der Waals surface area contributed by atoms with Gasteiger partial charge in [0.2, 0.25) is 0 Å². The van der Waals surface area contributed by atoms with E-state index in [-0.39, 0.29) is 12.4 Å². The molecular formula is C7H16ClN. The van der Waals surface area contributed by atoms with Gasteiger partial charge in [-0.2, -0.15) is 0 Å². The highest BCUT2D eigenvalue weighted by atomic mass is 35.5. The standard InChI is InChI=1S/C7H15N.ClH/c1-6(8)7-4-2-3-5-7;/h6-7H,2-5,8H2,1H3;1H/t6-;/m1./s1. The Morgan fingerprint density at radius 1 is 1.33 bits per heavy atom. The molecule has 1 nitrogen and oxygen atoms in total. The second kappa shape index (κ2) is 4.13. The quantitative estimate of drug-likeness (QED) is 0.606. The smallest absolute Gasteiger partial charge is 0.00387 e. The summed E-state index contributed by atoms with van der Waals surface area (Å²) < 4.78 is 0. The van der Waals surface area contributed by atoms with Crippen molar-refractivity contribution in [1.29, 1.82) is 0 Å². The zero-order chi connectivity index (χ0) is 5.98. The molecule has 0 bridgehead atoms. The second-order valence-electron chi connectivity index (χ2n) is 2.90. The SMILES string of the molecule is C[C@@H](N)C1CCCC1.Cl. The summed E-state index contributed by atoms with van der Waals surface area (Å²) in [6.45, 7) is 2.12. The summed E-state index contributed by atoms with van der Waals surface area (Å²) in [5.41, 5.74) is 5.70. The van der Waals surface area contributed by atoms with E-state index in [1.807, 2.05) is 0 Å². The first-order chi connectivity index (χ1) is 3.80. The predicted molar refractivity (Wildman–Crippen MR) is 42.9 cm³/mol. The van der Waals surface area contributed by atoms with Crippen LogP contribution in [0.25, 0.3) is 0 Å². The molecule has 0 aromatic heterocycles. The Labute approximate surface area is 63.4 Å². The molecule has 56 valence electrons. The van der Waals surface area contributed by atoms with Crippen LogP contribution in [-0.4, -0.2) is 6.04 Å². The van der Waals surface area contributed by atoms with Crippen LogP contribution in [0.1, 0.15) is 32.6 Å². The number of halogens is 1. The first kappa shape index (κ1) is 9.25. The van der Waals surface area contributed by atoms with Gasteiger partial charge in [0, 0.05) is 6.04 Å². The lowest BCUT2D eigenvalue weighted by atomic mass is 10.0. The molecule has 1 aliphatic carbocycles. The van der Waals surface area contributed by atoms with Crippen molar-refractivity contribution in [2.75, 3.05) is 0 Å². The fourth-order valence-corrected chi connectivity index (χ4v) is 1.48. The first-order valence-electron chi connectivity index (χ1n) is 3.56. The van der Waals surface area contributed by atoms with Crippen LogP contribution < -0.4 is 5.73 Å². The van der Waals surface area contributed by atoms with Crippen LogP contribution in [0, 0.1) is 5.92 Å². The Balaban J connectivity index is 0.000000640. The molecule has 9 heavy (non-hydrogen) atoms. The van der Waals surface area contributed by atoms with Crippen LogP contribution in [0.4, 0.5) is 0 Å². The molecule has 0 radical (unpaired) electrons. The summed E-state index contributed by atoms with van der Waals surface area (Å²) in [5, 5.41) is 0. The average Bonchev–Trinajstić information content (AvgIpc) is 2.12. The zero-order valence-electron chi connectivity index (χ0n) is 5.97. The van der Waals surface area contributed by atoms with Crippen LogP contribution in [0.2, 0.25) is 0 Å². The van der Waals surface area contributed by atoms with Gasteiger partial charge in [0.05, 0.1) is 0 Å². The molecule has 1 fully saturated rings. The molecule has 2 N–H and O–H groups in total. The molecule has 2 heteroatoms. The van der Waals surface area contributed by atoms with Crippen LogP contribution in [0.5, 0.6) is 0 Å². The van der Waals surface area contributed by atoms with E-state index in [9.17, 15) is 0 Å². The maximum atomic E-state index is 5.70. The van der Waals surface area contributed by atoms with E-state index in [1.54, 1.807) is 0 Å². The Morgan fingerprint density at radius 2 is 1.78 bits per heavy atom.